The number of hydrogen-bond donors (Lipinski definition) is 1. The summed E-state index contributed by atoms with van der Waals surface area (Å²) < 4.78 is 5.64. The molecule has 6 heteroatoms. The van der Waals surface area contributed by atoms with Crippen LogP contribution in [0.15, 0.2) is 21.9 Å². The summed E-state index contributed by atoms with van der Waals surface area (Å²) in [6.07, 6.45) is 1.56. The van der Waals surface area contributed by atoms with Gasteiger partial charge in [0, 0.05) is 10.7 Å². The standard InChI is InChI=1S/C7H6BrClN2O2/c1-13-7-5(6(9)11-12)2-4(8)3-10-7/h2-3,12H,1H3/b11-6-. The number of hydrogen-bond acceptors (Lipinski definition) is 4. The van der Waals surface area contributed by atoms with Crippen molar-refractivity contribution in [3.63, 3.8) is 0 Å². The van der Waals surface area contributed by atoms with Crippen LogP contribution in [0.1, 0.15) is 5.56 Å². The van der Waals surface area contributed by atoms with Gasteiger partial charge in [0.2, 0.25) is 5.88 Å². The minimum Gasteiger partial charge on any atom is -0.480 e. The lowest BCUT2D eigenvalue weighted by Crippen LogP contribution is -1.99. The van der Waals surface area contributed by atoms with Crippen LogP contribution in [0.25, 0.3) is 0 Å². The van der Waals surface area contributed by atoms with Crippen molar-refractivity contribution in [2.24, 2.45) is 5.16 Å². The molecular weight excluding hydrogens is 259 g/mol. The van der Waals surface area contributed by atoms with Gasteiger partial charge >= 0.3 is 0 Å². The Labute approximate surface area is 88.3 Å². The van der Waals surface area contributed by atoms with Crippen LogP contribution in [0.4, 0.5) is 0 Å². The Morgan fingerprint density at radius 2 is 2.46 bits per heavy atom. The molecule has 1 aromatic rings. The first kappa shape index (κ1) is 10.3. The normalized spacial score (nSPS) is 11.5. The highest BCUT2D eigenvalue weighted by Crippen LogP contribution is 2.21. The maximum atomic E-state index is 8.46. The molecule has 0 radical (unpaired) electrons. The van der Waals surface area contributed by atoms with Gasteiger partial charge in [0.15, 0.2) is 5.17 Å². The van der Waals surface area contributed by atoms with E-state index in [1.165, 1.54) is 7.11 Å². The molecule has 0 aliphatic rings. The van der Waals surface area contributed by atoms with Gasteiger partial charge in [-0.2, -0.15) is 0 Å². The van der Waals surface area contributed by atoms with Gasteiger partial charge in [0.1, 0.15) is 0 Å². The summed E-state index contributed by atoms with van der Waals surface area (Å²) in [6.45, 7) is 0. The van der Waals surface area contributed by atoms with E-state index >= 15 is 0 Å². The van der Waals surface area contributed by atoms with Gasteiger partial charge in [0.05, 0.1) is 12.7 Å². The molecule has 1 heterocycles. The molecule has 1 N–H and O–H groups in total. The summed E-state index contributed by atoms with van der Waals surface area (Å²) in [5, 5.41) is 11.2. The van der Waals surface area contributed by atoms with E-state index in [0.717, 1.165) is 4.47 Å². The fraction of sp³-hybridized carbons (Fsp3) is 0.143. The average molecular weight is 265 g/mol. The number of methoxy groups -OCH3 is 1. The molecule has 0 unspecified atom stereocenters. The second kappa shape index (κ2) is 4.43. The molecule has 0 bridgehead atoms. The van der Waals surface area contributed by atoms with Crippen molar-refractivity contribution in [3.05, 3.63) is 22.3 Å². The highest BCUT2D eigenvalue weighted by atomic mass is 79.9. The van der Waals surface area contributed by atoms with Crippen molar-refractivity contribution in [1.82, 2.24) is 4.98 Å². The Morgan fingerprint density at radius 3 is 3.00 bits per heavy atom. The summed E-state index contributed by atoms with van der Waals surface area (Å²) in [5.74, 6) is 0.311. The Bertz CT molecular complexity index is 343. The van der Waals surface area contributed by atoms with Gasteiger partial charge in [-0.15, -0.1) is 0 Å². The van der Waals surface area contributed by atoms with Crippen molar-refractivity contribution in [2.75, 3.05) is 7.11 Å². The lowest BCUT2D eigenvalue weighted by molar-refractivity contribution is 0.320. The van der Waals surface area contributed by atoms with E-state index in [4.69, 9.17) is 21.5 Å². The fourth-order valence-electron chi connectivity index (χ4n) is 0.791. The molecule has 0 aromatic carbocycles. The van der Waals surface area contributed by atoms with E-state index in [0.29, 0.717) is 11.4 Å². The van der Waals surface area contributed by atoms with E-state index in [1.54, 1.807) is 12.3 Å². The van der Waals surface area contributed by atoms with Crippen molar-refractivity contribution >= 4 is 32.7 Å². The fourth-order valence-corrected chi connectivity index (χ4v) is 1.26. The molecule has 4 nitrogen and oxygen atoms in total. The maximum Gasteiger partial charge on any atom is 0.223 e. The van der Waals surface area contributed by atoms with Crippen LogP contribution in [0.3, 0.4) is 0 Å². The van der Waals surface area contributed by atoms with Crippen molar-refractivity contribution in [2.45, 2.75) is 0 Å². The van der Waals surface area contributed by atoms with Crippen LogP contribution in [0.2, 0.25) is 0 Å². The van der Waals surface area contributed by atoms with E-state index in [-0.39, 0.29) is 5.17 Å². The molecule has 0 saturated heterocycles. The second-order valence-electron chi connectivity index (χ2n) is 2.10. The quantitative estimate of drug-likeness (QED) is 0.507. The van der Waals surface area contributed by atoms with Gasteiger partial charge in [-0.3, -0.25) is 0 Å². The van der Waals surface area contributed by atoms with E-state index < -0.39 is 0 Å². The lowest BCUT2D eigenvalue weighted by atomic mass is 10.3. The zero-order valence-corrected chi connectivity index (χ0v) is 9.00. The number of rotatable bonds is 2. The molecule has 13 heavy (non-hydrogen) atoms. The predicted octanol–water partition coefficient (Wildman–Crippen LogP) is 2.23. The van der Waals surface area contributed by atoms with Gasteiger partial charge in [-0.1, -0.05) is 16.8 Å². The van der Waals surface area contributed by atoms with Gasteiger partial charge in [-0.25, -0.2) is 4.98 Å². The summed E-state index contributed by atoms with van der Waals surface area (Å²) in [6, 6.07) is 1.65. The Kier molecular flexibility index (Phi) is 3.50. The predicted molar refractivity (Wildman–Crippen MR) is 52.7 cm³/mol. The first-order chi connectivity index (χ1) is 6.19. The molecule has 0 spiro atoms. The van der Waals surface area contributed by atoms with Gasteiger partial charge in [0.25, 0.3) is 0 Å². The Hall–Kier alpha value is -0.810. The molecule has 1 rings (SSSR count). The van der Waals surface area contributed by atoms with Gasteiger partial charge < -0.3 is 9.94 Å². The first-order valence-corrected chi connectivity index (χ1v) is 4.43. The van der Waals surface area contributed by atoms with Crippen LogP contribution >= 0.6 is 27.5 Å². The molecule has 0 amide bonds. The average Bonchev–Trinajstić information content (AvgIpc) is 2.16. The second-order valence-corrected chi connectivity index (χ2v) is 3.37. The topological polar surface area (TPSA) is 54.7 Å². The van der Waals surface area contributed by atoms with Crippen LogP contribution in [0, 0.1) is 0 Å². The number of aromatic nitrogens is 1. The third-order valence-electron chi connectivity index (χ3n) is 1.32. The number of pyridine rings is 1. The summed E-state index contributed by atoms with van der Waals surface area (Å²) >= 11 is 8.82. The smallest absolute Gasteiger partial charge is 0.223 e. The maximum absolute atomic E-state index is 8.46. The van der Waals surface area contributed by atoms with E-state index in [2.05, 4.69) is 26.1 Å². The van der Waals surface area contributed by atoms with Crippen LogP contribution in [-0.2, 0) is 0 Å². The van der Waals surface area contributed by atoms with Gasteiger partial charge in [-0.05, 0) is 22.0 Å². The minimum absolute atomic E-state index is 0.0642. The molecule has 0 fully saturated rings. The zero-order valence-electron chi connectivity index (χ0n) is 6.66. The SMILES string of the molecule is COc1ncc(Br)cc1/C(Cl)=N/O. The molecule has 0 saturated carbocycles. The first-order valence-electron chi connectivity index (χ1n) is 3.26. The van der Waals surface area contributed by atoms with Crippen molar-refractivity contribution in [1.29, 1.82) is 0 Å². The minimum atomic E-state index is -0.0642. The van der Waals surface area contributed by atoms with Crippen molar-refractivity contribution < 1.29 is 9.94 Å². The number of oxime groups is 1. The zero-order chi connectivity index (χ0) is 9.84. The largest absolute Gasteiger partial charge is 0.480 e. The number of nitrogens with zero attached hydrogens (tertiary/aromatic N) is 2. The lowest BCUT2D eigenvalue weighted by Gasteiger charge is -2.04. The molecule has 0 atom stereocenters. The summed E-state index contributed by atoms with van der Waals surface area (Å²) in [4.78, 5) is 3.92. The van der Waals surface area contributed by atoms with Crippen LogP contribution in [-0.4, -0.2) is 22.5 Å². The molecule has 0 aliphatic carbocycles. The molecule has 70 valence electrons. The number of ether oxygens (including phenoxy) is 1. The highest BCUT2D eigenvalue weighted by molar-refractivity contribution is 9.10. The molecule has 1 aromatic heterocycles. The Morgan fingerprint density at radius 1 is 1.77 bits per heavy atom. The molecular formula is C7H6BrClN2O2. The summed E-state index contributed by atoms with van der Waals surface area (Å²) in [7, 11) is 1.46. The van der Waals surface area contributed by atoms with Crippen LogP contribution < -0.4 is 4.74 Å². The van der Waals surface area contributed by atoms with Crippen LogP contribution in [0.5, 0.6) is 5.88 Å². The monoisotopic (exact) mass is 264 g/mol. The van der Waals surface area contributed by atoms with E-state index in [1.807, 2.05) is 0 Å². The Balaban J connectivity index is 3.23. The third-order valence-corrected chi connectivity index (χ3v) is 2.03. The molecule has 0 aliphatic heterocycles. The van der Waals surface area contributed by atoms with E-state index in [9.17, 15) is 0 Å². The van der Waals surface area contributed by atoms with Crippen molar-refractivity contribution in [3.8, 4) is 5.88 Å². The number of halogens is 2. The highest BCUT2D eigenvalue weighted by Gasteiger charge is 2.10. The third kappa shape index (κ3) is 2.32. The summed E-state index contributed by atoms with van der Waals surface area (Å²) in [5.41, 5.74) is 0.432.